The van der Waals surface area contributed by atoms with Crippen molar-refractivity contribution in [3.8, 4) is 0 Å². The average Bonchev–Trinajstić information content (AvgIpc) is 2.09. The summed E-state index contributed by atoms with van der Waals surface area (Å²) in [6.45, 7) is 8.50. The van der Waals surface area contributed by atoms with Crippen molar-refractivity contribution < 1.29 is 9.90 Å². The Kier molecular flexibility index (Phi) is 7.48. The van der Waals surface area contributed by atoms with Gasteiger partial charge in [-0.1, -0.05) is 13.3 Å². The standard InChI is InChI=1S/C11H23NO2/c1-4-5-8-12(10(2)3)9-6-7-11(13)14/h10H,4-9H2,1-3H3,(H,13,14). The molecule has 0 aliphatic rings. The van der Waals surface area contributed by atoms with Crippen molar-refractivity contribution in [1.29, 1.82) is 0 Å². The number of hydrogen-bond donors (Lipinski definition) is 1. The summed E-state index contributed by atoms with van der Waals surface area (Å²) in [6.07, 6.45) is 3.44. The second kappa shape index (κ2) is 7.80. The summed E-state index contributed by atoms with van der Waals surface area (Å²) < 4.78 is 0. The topological polar surface area (TPSA) is 40.5 Å². The van der Waals surface area contributed by atoms with E-state index < -0.39 is 5.97 Å². The Labute approximate surface area is 87.1 Å². The van der Waals surface area contributed by atoms with Gasteiger partial charge in [-0.25, -0.2) is 0 Å². The highest BCUT2D eigenvalue weighted by Gasteiger charge is 2.08. The molecule has 0 aliphatic carbocycles. The van der Waals surface area contributed by atoms with E-state index in [9.17, 15) is 4.79 Å². The van der Waals surface area contributed by atoms with Gasteiger partial charge in [-0.3, -0.25) is 4.79 Å². The van der Waals surface area contributed by atoms with Gasteiger partial charge in [0.05, 0.1) is 0 Å². The quantitative estimate of drug-likeness (QED) is 0.655. The minimum atomic E-state index is -0.691. The van der Waals surface area contributed by atoms with Crippen LogP contribution in [-0.4, -0.2) is 35.1 Å². The van der Waals surface area contributed by atoms with E-state index in [1.54, 1.807) is 0 Å². The van der Waals surface area contributed by atoms with Crippen LogP contribution in [0.5, 0.6) is 0 Å². The Balaban J connectivity index is 3.67. The summed E-state index contributed by atoms with van der Waals surface area (Å²) in [7, 11) is 0. The van der Waals surface area contributed by atoms with Crippen LogP contribution < -0.4 is 0 Å². The zero-order chi connectivity index (χ0) is 11.0. The summed E-state index contributed by atoms with van der Waals surface area (Å²) in [5.74, 6) is -0.691. The summed E-state index contributed by atoms with van der Waals surface area (Å²) in [4.78, 5) is 12.7. The molecule has 84 valence electrons. The number of nitrogens with zero attached hydrogens (tertiary/aromatic N) is 1. The first-order valence-corrected chi connectivity index (χ1v) is 5.53. The third-order valence-corrected chi connectivity index (χ3v) is 2.37. The summed E-state index contributed by atoms with van der Waals surface area (Å²) in [5, 5.41) is 8.52. The van der Waals surface area contributed by atoms with E-state index in [0.717, 1.165) is 19.5 Å². The lowest BCUT2D eigenvalue weighted by atomic mass is 10.2. The number of unbranched alkanes of at least 4 members (excludes halogenated alkanes) is 1. The fraction of sp³-hybridized carbons (Fsp3) is 0.909. The lowest BCUT2D eigenvalue weighted by molar-refractivity contribution is -0.137. The van der Waals surface area contributed by atoms with Crippen LogP contribution in [-0.2, 0) is 4.79 Å². The number of carboxylic acid groups (broad SMARTS) is 1. The monoisotopic (exact) mass is 201 g/mol. The Morgan fingerprint density at radius 2 is 1.86 bits per heavy atom. The van der Waals surface area contributed by atoms with Crippen LogP contribution in [0.2, 0.25) is 0 Å². The van der Waals surface area contributed by atoms with Gasteiger partial charge in [0.25, 0.3) is 0 Å². The van der Waals surface area contributed by atoms with Crippen LogP contribution in [0, 0.1) is 0 Å². The molecule has 0 saturated carbocycles. The van der Waals surface area contributed by atoms with Crippen LogP contribution in [0.15, 0.2) is 0 Å². The van der Waals surface area contributed by atoms with Gasteiger partial charge in [0.2, 0.25) is 0 Å². The van der Waals surface area contributed by atoms with E-state index in [0.29, 0.717) is 6.04 Å². The van der Waals surface area contributed by atoms with E-state index >= 15 is 0 Å². The van der Waals surface area contributed by atoms with Crippen molar-refractivity contribution in [2.75, 3.05) is 13.1 Å². The molecule has 0 aromatic carbocycles. The van der Waals surface area contributed by atoms with Gasteiger partial charge < -0.3 is 10.0 Å². The highest BCUT2D eigenvalue weighted by atomic mass is 16.4. The largest absolute Gasteiger partial charge is 0.481 e. The molecule has 3 nitrogen and oxygen atoms in total. The maximum absolute atomic E-state index is 10.3. The lowest BCUT2D eigenvalue weighted by Gasteiger charge is -2.25. The van der Waals surface area contributed by atoms with Crippen molar-refractivity contribution in [2.24, 2.45) is 0 Å². The summed E-state index contributed by atoms with van der Waals surface area (Å²) in [5.41, 5.74) is 0. The van der Waals surface area contributed by atoms with E-state index in [1.165, 1.54) is 12.8 Å². The minimum absolute atomic E-state index is 0.287. The lowest BCUT2D eigenvalue weighted by Crippen LogP contribution is -2.33. The summed E-state index contributed by atoms with van der Waals surface area (Å²) in [6, 6.07) is 0.523. The van der Waals surface area contributed by atoms with E-state index in [1.807, 2.05) is 0 Å². The molecule has 0 heterocycles. The van der Waals surface area contributed by atoms with Crippen molar-refractivity contribution in [2.45, 2.75) is 52.5 Å². The minimum Gasteiger partial charge on any atom is -0.481 e. The highest BCUT2D eigenvalue weighted by Crippen LogP contribution is 2.04. The molecule has 14 heavy (non-hydrogen) atoms. The molecule has 0 radical (unpaired) electrons. The third-order valence-electron chi connectivity index (χ3n) is 2.37. The molecular weight excluding hydrogens is 178 g/mol. The number of aliphatic carboxylic acids is 1. The molecule has 1 N–H and O–H groups in total. The molecule has 0 atom stereocenters. The first kappa shape index (κ1) is 13.4. The van der Waals surface area contributed by atoms with Crippen molar-refractivity contribution in [3.05, 3.63) is 0 Å². The molecular formula is C11H23NO2. The van der Waals surface area contributed by atoms with Crippen LogP contribution in [0.3, 0.4) is 0 Å². The van der Waals surface area contributed by atoms with Gasteiger partial charge in [0.1, 0.15) is 0 Å². The zero-order valence-electron chi connectivity index (χ0n) is 9.62. The van der Waals surface area contributed by atoms with E-state index in [4.69, 9.17) is 5.11 Å². The van der Waals surface area contributed by atoms with Crippen LogP contribution in [0.4, 0.5) is 0 Å². The van der Waals surface area contributed by atoms with E-state index in [-0.39, 0.29) is 6.42 Å². The first-order chi connectivity index (χ1) is 6.57. The third kappa shape index (κ3) is 6.89. The zero-order valence-corrected chi connectivity index (χ0v) is 9.62. The van der Waals surface area contributed by atoms with E-state index in [2.05, 4.69) is 25.7 Å². The smallest absolute Gasteiger partial charge is 0.303 e. The Hall–Kier alpha value is -0.570. The van der Waals surface area contributed by atoms with Crippen molar-refractivity contribution in [1.82, 2.24) is 4.90 Å². The van der Waals surface area contributed by atoms with Crippen molar-refractivity contribution in [3.63, 3.8) is 0 Å². The van der Waals surface area contributed by atoms with Gasteiger partial charge >= 0.3 is 5.97 Å². The predicted molar refractivity (Wildman–Crippen MR) is 58.5 cm³/mol. The molecule has 3 heteroatoms. The Morgan fingerprint density at radius 3 is 2.29 bits per heavy atom. The Morgan fingerprint density at radius 1 is 1.29 bits per heavy atom. The second-order valence-electron chi connectivity index (χ2n) is 3.98. The molecule has 0 bridgehead atoms. The van der Waals surface area contributed by atoms with Gasteiger partial charge in [-0.2, -0.15) is 0 Å². The van der Waals surface area contributed by atoms with Crippen LogP contribution in [0.25, 0.3) is 0 Å². The maximum Gasteiger partial charge on any atom is 0.303 e. The highest BCUT2D eigenvalue weighted by molar-refractivity contribution is 5.66. The van der Waals surface area contributed by atoms with Crippen molar-refractivity contribution >= 4 is 5.97 Å². The predicted octanol–water partition coefficient (Wildman–Crippen LogP) is 2.36. The molecule has 0 aliphatic heterocycles. The maximum atomic E-state index is 10.3. The van der Waals surface area contributed by atoms with Gasteiger partial charge in [-0.05, 0) is 39.8 Å². The number of carboxylic acids is 1. The molecule has 0 aromatic heterocycles. The number of rotatable bonds is 8. The molecule has 0 unspecified atom stereocenters. The molecule has 0 fully saturated rings. The average molecular weight is 201 g/mol. The Bertz CT molecular complexity index is 157. The summed E-state index contributed by atoms with van der Waals surface area (Å²) >= 11 is 0. The second-order valence-corrected chi connectivity index (χ2v) is 3.98. The first-order valence-electron chi connectivity index (χ1n) is 5.53. The molecule has 0 aromatic rings. The molecule has 0 spiro atoms. The van der Waals surface area contributed by atoms with Gasteiger partial charge in [0, 0.05) is 12.5 Å². The SMILES string of the molecule is CCCCN(CCCC(=O)O)C(C)C. The number of carbonyl (C=O) groups is 1. The molecule has 0 rings (SSSR count). The molecule has 0 saturated heterocycles. The molecule has 0 amide bonds. The fourth-order valence-corrected chi connectivity index (χ4v) is 1.42. The van der Waals surface area contributed by atoms with Gasteiger partial charge in [0.15, 0.2) is 0 Å². The van der Waals surface area contributed by atoms with Crippen LogP contribution >= 0.6 is 0 Å². The van der Waals surface area contributed by atoms with Crippen LogP contribution in [0.1, 0.15) is 46.5 Å². The fourth-order valence-electron chi connectivity index (χ4n) is 1.42. The van der Waals surface area contributed by atoms with Gasteiger partial charge in [-0.15, -0.1) is 0 Å². The number of hydrogen-bond acceptors (Lipinski definition) is 2. The normalized spacial score (nSPS) is 11.2.